The van der Waals surface area contributed by atoms with Crippen LogP contribution < -0.4 is 10.2 Å². The van der Waals surface area contributed by atoms with E-state index in [1.807, 2.05) is 0 Å². The third-order valence-corrected chi connectivity index (χ3v) is 5.47. The van der Waals surface area contributed by atoms with Crippen molar-refractivity contribution in [2.24, 2.45) is 0 Å². The molecule has 23 heavy (non-hydrogen) atoms. The Morgan fingerprint density at radius 3 is 2.39 bits per heavy atom. The third-order valence-electron chi connectivity index (χ3n) is 3.41. The Labute approximate surface area is 141 Å². The van der Waals surface area contributed by atoms with Gasteiger partial charge in [-0.1, -0.05) is 28.1 Å². The minimum atomic E-state index is -3.99. The van der Waals surface area contributed by atoms with Gasteiger partial charge in [-0.15, -0.1) is 0 Å². The van der Waals surface area contributed by atoms with Crippen molar-refractivity contribution in [1.82, 2.24) is 4.98 Å². The maximum Gasteiger partial charge on any atom is 0.267 e. The molecule has 1 aromatic heterocycles. The Kier molecular flexibility index (Phi) is 3.99. The maximum atomic E-state index is 12.6. The van der Waals surface area contributed by atoms with Gasteiger partial charge in [-0.3, -0.25) is 9.52 Å². The van der Waals surface area contributed by atoms with Crippen LogP contribution in [-0.2, 0) is 10.0 Å². The van der Waals surface area contributed by atoms with Crippen LogP contribution in [0.2, 0.25) is 0 Å². The van der Waals surface area contributed by atoms with E-state index in [-0.39, 0.29) is 4.90 Å². The van der Waals surface area contributed by atoms with Crippen LogP contribution in [0.4, 0.5) is 5.69 Å². The molecule has 0 aliphatic heterocycles. The lowest BCUT2D eigenvalue weighted by Gasteiger charge is -2.11. The van der Waals surface area contributed by atoms with E-state index in [9.17, 15) is 13.2 Å². The van der Waals surface area contributed by atoms with Gasteiger partial charge in [0.15, 0.2) is 4.90 Å². The van der Waals surface area contributed by atoms with Crippen molar-refractivity contribution in [2.75, 3.05) is 4.72 Å². The van der Waals surface area contributed by atoms with Crippen molar-refractivity contribution >= 4 is 42.5 Å². The Hall–Kier alpha value is -2.12. The molecule has 5 nitrogen and oxygen atoms in total. The van der Waals surface area contributed by atoms with Crippen LogP contribution in [0.3, 0.4) is 0 Å². The first-order chi connectivity index (χ1) is 10.9. The van der Waals surface area contributed by atoms with Crippen LogP contribution in [0, 0.1) is 6.92 Å². The Morgan fingerprint density at radius 2 is 1.70 bits per heavy atom. The summed E-state index contributed by atoms with van der Waals surface area (Å²) in [5, 5.41) is 0.342. The van der Waals surface area contributed by atoms with Crippen molar-refractivity contribution in [3.05, 3.63) is 68.9 Å². The molecular weight excluding hydrogens is 380 g/mol. The molecule has 0 saturated carbocycles. The summed E-state index contributed by atoms with van der Waals surface area (Å²) in [6.45, 7) is 1.57. The largest absolute Gasteiger partial charge is 0.357 e. The zero-order valence-electron chi connectivity index (χ0n) is 12.1. The fraction of sp³-hybridized carbons (Fsp3) is 0.0625. The quantitative estimate of drug-likeness (QED) is 0.716. The average Bonchev–Trinajstić information content (AvgIpc) is 2.49. The van der Waals surface area contributed by atoms with Gasteiger partial charge in [0.25, 0.3) is 10.0 Å². The van der Waals surface area contributed by atoms with Gasteiger partial charge in [0, 0.05) is 26.8 Å². The second-order valence-electron chi connectivity index (χ2n) is 5.07. The minimum Gasteiger partial charge on any atom is -0.357 e. The van der Waals surface area contributed by atoms with E-state index < -0.39 is 15.5 Å². The van der Waals surface area contributed by atoms with Gasteiger partial charge in [-0.05, 0) is 43.3 Å². The van der Waals surface area contributed by atoms with E-state index in [1.54, 1.807) is 55.5 Å². The normalized spacial score (nSPS) is 11.6. The number of nitrogens with one attached hydrogen (secondary N) is 2. The van der Waals surface area contributed by atoms with Gasteiger partial charge in [0.05, 0.1) is 0 Å². The summed E-state index contributed by atoms with van der Waals surface area (Å²) in [6.07, 6.45) is 0. The monoisotopic (exact) mass is 392 g/mol. The molecule has 118 valence electrons. The molecule has 0 unspecified atom stereocenters. The van der Waals surface area contributed by atoms with Crippen molar-refractivity contribution in [3.63, 3.8) is 0 Å². The molecule has 0 aliphatic rings. The summed E-state index contributed by atoms with van der Waals surface area (Å²) in [7, 11) is -3.99. The maximum absolute atomic E-state index is 12.6. The number of sulfonamides is 1. The molecule has 0 bridgehead atoms. The lowest BCUT2D eigenvalue weighted by atomic mass is 10.2. The van der Waals surface area contributed by atoms with Crippen molar-refractivity contribution in [2.45, 2.75) is 11.8 Å². The SMILES string of the molecule is Cc1[nH]c2ccccc2c(=O)c1S(=O)(=O)Nc1ccc(Br)cc1. The Bertz CT molecular complexity index is 1040. The average molecular weight is 393 g/mol. The lowest BCUT2D eigenvalue weighted by Crippen LogP contribution is -2.23. The number of fused-ring (bicyclic) bond motifs is 1. The number of aromatic nitrogens is 1. The molecular formula is C16H13BrN2O3S. The number of halogens is 1. The number of para-hydroxylation sites is 1. The van der Waals surface area contributed by atoms with Crippen LogP contribution in [0.1, 0.15) is 5.69 Å². The summed E-state index contributed by atoms with van der Waals surface area (Å²) in [5.74, 6) is 0. The van der Waals surface area contributed by atoms with Crippen LogP contribution in [0.25, 0.3) is 10.9 Å². The van der Waals surface area contributed by atoms with Gasteiger partial charge < -0.3 is 4.98 Å². The summed E-state index contributed by atoms with van der Waals surface area (Å²) >= 11 is 3.29. The van der Waals surface area contributed by atoms with Crippen LogP contribution in [-0.4, -0.2) is 13.4 Å². The first kappa shape index (κ1) is 15.8. The fourth-order valence-electron chi connectivity index (χ4n) is 2.39. The van der Waals surface area contributed by atoms with E-state index >= 15 is 0 Å². The molecule has 7 heteroatoms. The van der Waals surface area contributed by atoms with E-state index in [0.717, 1.165) is 4.47 Å². The predicted molar refractivity (Wildman–Crippen MR) is 94.3 cm³/mol. The molecule has 0 fully saturated rings. The van der Waals surface area contributed by atoms with E-state index in [2.05, 4.69) is 25.6 Å². The highest BCUT2D eigenvalue weighted by atomic mass is 79.9. The molecule has 1 heterocycles. The van der Waals surface area contributed by atoms with Crippen LogP contribution in [0.15, 0.2) is 62.7 Å². The second-order valence-corrected chi connectivity index (χ2v) is 7.60. The number of pyridine rings is 1. The van der Waals surface area contributed by atoms with Crippen molar-refractivity contribution < 1.29 is 8.42 Å². The number of aromatic amines is 1. The number of hydrogen-bond donors (Lipinski definition) is 2. The molecule has 0 spiro atoms. The summed E-state index contributed by atoms with van der Waals surface area (Å²) in [6, 6.07) is 13.5. The summed E-state index contributed by atoms with van der Waals surface area (Å²) < 4.78 is 28.5. The van der Waals surface area contributed by atoms with Gasteiger partial charge in [0.2, 0.25) is 5.43 Å². The summed E-state index contributed by atoms with van der Waals surface area (Å²) in [4.78, 5) is 15.3. The predicted octanol–water partition coefficient (Wildman–Crippen LogP) is 3.40. The first-order valence-electron chi connectivity index (χ1n) is 6.78. The molecule has 0 radical (unpaired) electrons. The molecule has 0 aliphatic carbocycles. The molecule has 0 amide bonds. The van der Waals surface area contributed by atoms with Gasteiger partial charge in [0.1, 0.15) is 0 Å². The Morgan fingerprint density at radius 1 is 1.04 bits per heavy atom. The number of rotatable bonds is 3. The standard InChI is InChI=1S/C16H13BrN2O3S/c1-10-16(15(20)13-4-2-3-5-14(13)18-10)23(21,22)19-12-8-6-11(17)7-9-12/h2-9,19H,1H3,(H,18,20). The smallest absolute Gasteiger partial charge is 0.267 e. The minimum absolute atomic E-state index is 0.265. The fourth-order valence-corrected chi connectivity index (χ4v) is 4.01. The topological polar surface area (TPSA) is 79.0 Å². The molecule has 3 rings (SSSR count). The molecule has 3 aromatic rings. The zero-order valence-corrected chi connectivity index (χ0v) is 14.5. The van der Waals surface area contributed by atoms with Gasteiger partial charge >= 0.3 is 0 Å². The van der Waals surface area contributed by atoms with Crippen molar-refractivity contribution in [1.29, 1.82) is 0 Å². The van der Waals surface area contributed by atoms with Gasteiger partial charge in [-0.2, -0.15) is 0 Å². The summed E-state index contributed by atoms with van der Waals surface area (Å²) in [5.41, 5.74) is 0.789. The number of benzene rings is 2. The highest BCUT2D eigenvalue weighted by Crippen LogP contribution is 2.20. The molecule has 2 aromatic carbocycles. The highest BCUT2D eigenvalue weighted by Gasteiger charge is 2.23. The third kappa shape index (κ3) is 3.02. The Balaban J connectivity index is 2.15. The first-order valence-corrected chi connectivity index (χ1v) is 9.06. The van der Waals surface area contributed by atoms with Crippen molar-refractivity contribution in [3.8, 4) is 0 Å². The molecule has 0 atom stereocenters. The molecule has 2 N–H and O–H groups in total. The lowest BCUT2D eigenvalue weighted by molar-refractivity contribution is 0.599. The number of anilines is 1. The van der Waals surface area contributed by atoms with E-state index in [4.69, 9.17) is 0 Å². The van der Waals surface area contributed by atoms with Crippen LogP contribution in [0.5, 0.6) is 0 Å². The van der Waals surface area contributed by atoms with E-state index in [1.165, 1.54) is 0 Å². The van der Waals surface area contributed by atoms with Crippen LogP contribution >= 0.6 is 15.9 Å². The second kappa shape index (κ2) is 5.82. The zero-order chi connectivity index (χ0) is 16.6. The molecule has 0 saturated heterocycles. The number of aryl methyl sites for hydroxylation is 1. The number of hydrogen-bond acceptors (Lipinski definition) is 3. The highest BCUT2D eigenvalue weighted by molar-refractivity contribution is 9.10. The van der Waals surface area contributed by atoms with Gasteiger partial charge in [-0.25, -0.2) is 8.42 Å². The van der Waals surface area contributed by atoms with E-state index in [0.29, 0.717) is 22.3 Å². The number of H-pyrrole nitrogens is 1.